The highest BCUT2D eigenvalue weighted by Crippen LogP contribution is 2.28. The van der Waals surface area contributed by atoms with Gasteiger partial charge in [0.1, 0.15) is 15.4 Å². The van der Waals surface area contributed by atoms with Crippen molar-refractivity contribution in [2.24, 2.45) is 7.05 Å². The molecule has 2 aromatic rings. The van der Waals surface area contributed by atoms with Gasteiger partial charge in [-0.2, -0.15) is 5.10 Å². The number of aliphatic carboxylic acids is 1. The summed E-state index contributed by atoms with van der Waals surface area (Å²) in [6.45, 7) is 8.02. The van der Waals surface area contributed by atoms with Crippen molar-refractivity contribution in [3.8, 4) is 10.6 Å². The lowest BCUT2D eigenvalue weighted by Crippen LogP contribution is -2.49. The Morgan fingerprint density at radius 1 is 1.20 bits per heavy atom. The molecule has 0 aliphatic carbocycles. The van der Waals surface area contributed by atoms with E-state index in [0.29, 0.717) is 27.5 Å². The molecule has 0 bridgehead atoms. The van der Waals surface area contributed by atoms with Gasteiger partial charge in [0.05, 0.1) is 17.0 Å². The number of nitrogens with zero attached hydrogens (tertiary/aromatic N) is 3. The number of carboxylic acids is 1. The average Bonchev–Trinajstić information content (AvgIpc) is 2.86. The molecular weight excluding hydrogens is 344 g/mol. The number of hydrogen-bond acceptors (Lipinski definition) is 6. The smallest absolute Gasteiger partial charge is 0.328 e. The van der Waals surface area contributed by atoms with E-state index in [1.807, 2.05) is 0 Å². The SMILES string of the molecule is Cc1nc(-c2c(C)c(C)nn(C)c2=O)sc1C(=O)NC(C)(C)C(=O)O. The lowest BCUT2D eigenvalue weighted by molar-refractivity contribution is -0.143. The van der Waals surface area contributed by atoms with Crippen molar-refractivity contribution < 1.29 is 14.7 Å². The summed E-state index contributed by atoms with van der Waals surface area (Å²) >= 11 is 1.06. The molecule has 0 saturated carbocycles. The van der Waals surface area contributed by atoms with Crippen molar-refractivity contribution >= 4 is 23.2 Å². The van der Waals surface area contributed by atoms with E-state index in [4.69, 9.17) is 5.11 Å². The van der Waals surface area contributed by atoms with E-state index in [1.54, 1.807) is 27.8 Å². The van der Waals surface area contributed by atoms with Crippen molar-refractivity contribution in [1.82, 2.24) is 20.1 Å². The molecule has 0 saturated heterocycles. The van der Waals surface area contributed by atoms with Gasteiger partial charge in [-0.05, 0) is 40.2 Å². The Balaban J connectivity index is 2.51. The van der Waals surface area contributed by atoms with Crippen LogP contribution in [0.3, 0.4) is 0 Å². The van der Waals surface area contributed by atoms with Crippen LogP contribution in [0.5, 0.6) is 0 Å². The topological polar surface area (TPSA) is 114 Å². The molecule has 25 heavy (non-hydrogen) atoms. The standard InChI is InChI=1S/C16H20N4O4S/c1-7-8(2)19-20(6)14(22)10(7)13-17-9(3)11(25-13)12(21)18-16(4,5)15(23)24/h1-6H3,(H,18,21)(H,23,24). The number of amides is 1. The number of thiazole rings is 1. The second kappa shape index (κ2) is 6.40. The normalized spacial score (nSPS) is 11.4. The van der Waals surface area contributed by atoms with Crippen LogP contribution in [-0.2, 0) is 11.8 Å². The molecule has 0 aromatic carbocycles. The third-order valence-electron chi connectivity index (χ3n) is 3.90. The maximum atomic E-state index is 12.4. The number of aromatic nitrogens is 3. The van der Waals surface area contributed by atoms with E-state index in [2.05, 4.69) is 15.4 Å². The minimum Gasteiger partial charge on any atom is -0.480 e. The number of rotatable bonds is 4. The van der Waals surface area contributed by atoms with Crippen molar-refractivity contribution in [2.45, 2.75) is 40.2 Å². The van der Waals surface area contributed by atoms with E-state index < -0.39 is 17.4 Å². The Hall–Kier alpha value is -2.55. The summed E-state index contributed by atoms with van der Waals surface area (Å²) in [5.41, 5.74) is 0.536. The minimum absolute atomic E-state index is 0.278. The summed E-state index contributed by atoms with van der Waals surface area (Å²) in [6.07, 6.45) is 0. The fourth-order valence-corrected chi connectivity index (χ4v) is 3.26. The Morgan fingerprint density at radius 3 is 2.36 bits per heavy atom. The fraction of sp³-hybridized carbons (Fsp3) is 0.438. The van der Waals surface area contributed by atoms with Crippen LogP contribution in [0.15, 0.2) is 4.79 Å². The van der Waals surface area contributed by atoms with Crippen LogP contribution < -0.4 is 10.9 Å². The Kier molecular flexibility index (Phi) is 4.81. The zero-order valence-corrected chi connectivity index (χ0v) is 15.7. The van der Waals surface area contributed by atoms with Crippen molar-refractivity contribution in [3.63, 3.8) is 0 Å². The monoisotopic (exact) mass is 364 g/mol. The Labute approximate surface area is 148 Å². The predicted molar refractivity (Wildman–Crippen MR) is 94.0 cm³/mol. The quantitative estimate of drug-likeness (QED) is 0.848. The van der Waals surface area contributed by atoms with Gasteiger partial charge in [-0.1, -0.05) is 0 Å². The highest BCUT2D eigenvalue weighted by atomic mass is 32.1. The molecule has 8 nitrogen and oxygen atoms in total. The minimum atomic E-state index is -1.41. The third kappa shape index (κ3) is 3.46. The van der Waals surface area contributed by atoms with Crippen LogP contribution in [0.2, 0.25) is 0 Å². The number of carbonyl (C=O) groups is 2. The molecule has 2 rings (SSSR count). The van der Waals surface area contributed by atoms with E-state index in [-0.39, 0.29) is 10.4 Å². The van der Waals surface area contributed by atoms with Gasteiger partial charge < -0.3 is 10.4 Å². The van der Waals surface area contributed by atoms with E-state index in [9.17, 15) is 14.4 Å². The molecule has 0 fully saturated rings. The van der Waals surface area contributed by atoms with Gasteiger partial charge in [0, 0.05) is 7.05 Å². The average molecular weight is 364 g/mol. The lowest BCUT2D eigenvalue weighted by Gasteiger charge is -2.20. The summed E-state index contributed by atoms with van der Waals surface area (Å²) in [4.78, 5) is 40.7. The van der Waals surface area contributed by atoms with Gasteiger partial charge in [0.15, 0.2) is 0 Å². The molecule has 0 atom stereocenters. The largest absolute Gasteiger partial charge is 0.480 e. The van der Waals surface area contributed by atoms with Gasteiger partial charge in [-0.25, -0.2) is 14.5 Å². The molecule has 2 aromatic heterocycles. The second-order valence-electron chi connectivity index (χ2n) is 6.33. The molecule has 0 spiro atoms. The van der Waals surface area contributed by atoms with Gasteiger partial charge in [-0.15, -0.1) is 11.3 Å². The number of carbonyl (C=O) groups excluding carboxylic acids is 1. The Bertz CT molecular complexity index is 927. The van der Waals surface area contributed by atoms with E-state index in [1.165, 1.54) is 18.5 Å². The summed E-state index contributed by atoms with van der Waals surface area (Å²) in [7, 11) is 1.56. The summed E-state index contributed by atoms with van der Waals surface area (Å²) < 4.78 is 1.24. The van der Waals surface area contributed by atoms with Crippen LogP contribution >= 0.6 is 11.3 Å². The first-order valence-corrected chi connectivity index (χ1v) is 8.35. The molecule has 2 N–H and O–H groups in total. The predicted octanol–water partition coefficient (Wildman–Crippen LogP) is 1.42. The number of aryl methyl sites for hydroxylation is 3. The molecule has 0 radical (unpaired) electrons. The van der Waals surface area contributed by atoms with Gasteiger partial charge in [-0.3, -0.25) is 9.59 Å². The lowest BCUT2D eigenvalue weighted by atomic mass is 10.1. The summed E-state index contributed by atoms with van der Waals surface area (Å²) in [6, 6.07) is 0. The van der Waals surface area contributed by atoms with Crippen molar-refractivity contribution in [3.05, 3.63) is 32.2 Å². The zero-order chi connectivity index (χ0) is 19.1. The fourth-order valence-electron chi connectivity index (χ4n) is 2.21. The molecule has 1 amide bonds. The molecule has 2 heterocycles. The summed E-state index contributed by atoms with van der Waals surface area (Å²) in [5.74, 6) is -1.67. The molecule has 0 aliphatic rings. The maximum absolute atomic E-state index is 12.4. The first kappa shape index (κ1) is 18.8. The molecule has 9 heteroatoms. The van der Waals surface area contributed by atoms with Crippen LogP contribution in [0, 0.1) is 20.8 Å². The van der Waals surface area contributed by atoms with Gasteiger partial charge in [0.2, 0.25) is 0 Å². The van der Waals surface area contributed by atoms with Crippen LogP contribution in [0.4, 0.5) is 0 Å². The van der Waals surface area contributed by atoms with E-state index >= 15 is 0 Å². The van der Waals surface area contributed by atoms with Gasteiger partial charge in [0.25, 0.3) is 11.5 Å². The highest BCUT2D eigenvalue weighted by molar-refractivity contribution is 7.17. The van der Waals surface area contributed by atoms with Crippen LogP contribution in [0.25, 0.3) is 10.6 Å². The molecular formula is C16H20N4O4S. The van der Waals surface area contributed by atoms with Crippen molar-refractivity contribution in [1.29, 1.82) is 0 Å². The number of hydrogen-bond donors (Lipinski definition) is 2. The zero-order valence-electron chi connectivity index (χ0n) is 14.9. The van der Waals surface area contributed by atoms with Crippen LogP contribution in [0.1, 0.15) is 40.5 Å². The first-order valence-electron chi connectivity index (χ1n) is 7.54. The molecule has 0 aliphatic heterocycles. The Morgan fingerprint density at radius 2 is 1.80 bits per heavy atom. The second-order valence-corrected chi connectivity index (χ2v) is 7.33. The number of carboxylic acid groups (broad SMARTS) is 1. The highest BCUT2D eigenvalue weighted by Gasteiger charge is 2.31. The van der Waals surface area contributed by atoms with Gasteiger partial charge >= 0.3 is 5.97 Å². The molecule has 0 unspecified atom stereocenters. The molecule has 134 valence electrons. The summed E-state index contributed by atoms with van der Waals surface area (Å²) in [5, 5.41) is 16.2. The van der Waals surface area contributed by atoms with Crippen LogP contribution in [-0.4, -0.2) is 37.3 Å². The van der Waals surface area contributed by atoms with Crippen molar-refractivity contribution in [2.75, 3.05) is 0 Å². The number of nitrogens with one attached hydrogen (secondary N) is 1. The first-order chi connectivity index (χ1) is 11.5. The third-order valence-corrected chi connectivity index (χ3v) is 5.08. The maximum Gasteiger partial charge on any atom is 0.328 e. The van der Waals surface area contributed by atoms with E-state index in [0.717, 1.165) is 11.3 Å².